The molecule has 1 saturated carbocycles. The summed E-state index contributed by atoms with van der Waals surface area (Å²) in [6, 6.07) is 18.7. The highest BCUT2D eigenvalue weighted by Gasteiger charge is 2.39. The largest absolute Gasteiger partial charge is 0.366 e. The van der Waals surface area contributed by atoms with Gasteiger partial charge >= 0.3 is 0 Å². The van der Waals surface area contributed by atoms with Crippen molar-refractivity contribution in [2.75, 3.05) is 0 Å². The Morgan fingerprint density at radius 2 is 1.72 bits per heavy atom. The SMILES string of the molecule is NC(=O)C1=CN2C(=NC(c3ccc(C4(N)CCC4)cc3)C2c2ccccc2)C=C1. The number of amidine groups is 1. The molecule has 1 fully saturated rings. The van der Waals surface area contributed by atoms with Gasteiger partial charge in [-0.3, -0.25) is 9.79 Å². The molecule has 4 N–H and O–H groups in total. The normalized spacial score (nSPS) is 24.4. The van der Waals surface area contributed by atoms with Crippen LogP contribution in [0.5, 0.6) is 0 Å². The smallest absolute Gasteiger partial charge is 0.250 e. The first kappa shape index (κ1) is 17.9. The summed E-state index contributed by atoms with van der Waals surface area (Å²) in [4.78, 5) is 18.8. The fraction of sp³-hybridized carbons (Fsp3) is 0.250. The van der Waals surface area contributed by atoms with E-state index in [0.29, 0.717) is 5.57 Å². The van der Waals surface area contributed by atoms with Gasteiger partial charge in [0.2, 0.25) is 5.91 Å². The molecule has 5 heteroatoms. The molecule has 2 aromatic rings. The van der Waals surface area contributed by atoms with E-state index in [1.54, 1.807) is 6.08 Å². The number of rotatable bonds is 4. The minimum atomic E-state index is -0.436. The fourth-order valence-corrected chi connectivity index (χ4v) is 4.46. The minimum Gasteiger partial charge on any atom is -0.366 e. The molecule has 0 saturated heterocycles. The standard InChI is InChI=1S/C24H24N4O/c25-23(29)18-9-12-20-27-21(22(28(20)15-18)17-5-2-1-3-6-17)16-7-10-19(11-8-16)24(26)13-4-14-24/h1-3,5-12,15,21-22H,4,13-14,26H2,(H2,25,29). The number of nitrogens with zero attached hydrogens (tertiary/aromatic N) is 2. The maximum atomic E-state index is 11.7. The lowest BCUT2D eigenvalue weighted by atomic mass is 9.72. The molecule has 2 heterocycles. The summed E-state index contributed by atoms with van der Waals surface area (Å²) in [6.07, 6.45) is 8.71. The van der Waals surface area contributed by atoms with Gasteiger partial charge in [0.1, 0.15) is 11.9 Å². The molecule has 0 bridgehead atoms. The van der Waals surface area contributed by atoms with Crippen LogP contribution in [0.3, 0.4) is 0 Å². The molecule has 0 aromatic heterocycles. The van der Waals surface area contributed by atoms with E-state index < -0.39 is 5.91 Å². The van der Waals surface area contributed by atoms with Crippen molar-refractivity contribution >= 4 is 11.7 Å². The summed E-state index contributed by atoms with van der Waals surface area (Å²) in [5, 5.41) is 0. The van der Waals surface area contributed by atoms with Crippen LogP contribution in [0.15, 0.2) is 83.5 Å². The highest BCUT2D eigenvalue weighted by atomic mass is 16.1. The first-order valence-electron chi connectivity index (χ1n) is 10.1. The van der Waals surface area contributed by atoms with Crippen LogP contribution in [-0.2, 0) is 10.3 Å². The highest BCUT2D eigenvalue weighted by Crippen LogP contribution is 2.45. The van der Waals surface area contributed by atoms with Crippen LogP contribution in [0.25, 0.3) is 0 Å². The van der Waals surface area contributed by atoms with Crippen molar-refractivity contribution in [1.29, 1.82) is 0 Å². The minimum absolute atomic E-state index is 0.0353. The van der Waals surface area contributed by atoms with E-state index in [9.17, 15) is 4.79 Å². The average Bonchev–Trinajstić information content (AvgIpc) is 3.11. The van der Waals surface area contributed by atoms with Crippen LogP contribution in [0, 0.1) is 0 Å². The summed E-state index contributed by atoms with van der Waals surface area (Å²) in [6.45, 7) is 0. The lowest BCUT2D eigenvalue weighted by Gasteiger charge is -2.38. The third-order valence-electron chi connectivity index (χ3n) is 6.32. The lowest BCUT2D eigenvalue weighted by molar-refractivity contribution is -0.114. The van der Waals surface area contributed by atoms with Crippen molar-refractivity contribution in [2.24, 2.45) is 16.5 Å². The molecule has 2 atom stereocenters. The van der Waals surface area contributed by atoms with Gasteiger partial charge in [0.25, 0.3) is 0 Å². The molecule has 1 aliphatic carbocycles. The Labute approximate surface area is 170 Å². The topological polar surface area (TPSA) is 84.7 Å². The number of nitrogens with two attached hydrogens (primary N) is 2. The van der Waals surface area contributed by atoms with Crippen LogP contribution in [0.4, 0.5) is 0 Å². The van der Waals surface area contributed by atoms with Gasteiger partial charge in [-0.25, -0.2) is 0 Å². The molecular weight excluding hydrogens is 360 g/mol. The third-order valence-corrected chi connectivity index (χ3v) is 6.32. The number of aliphatic imine (C=N–C) groups is 1. The van der Waals surface area contributed by atoms with E-state index in [0.717, 1.165) is 29.8 Å². The van der Waals surface area contributed by atoms with Crippen molar-refractivity contribution in [3.8, 4) is 0 Å². The van der Waals surface area contributed by atoms with Crippen LogP contribution >= 0.6 is 0 Å². The average molecular weight is 384 g/mol. The zero-order valence-electron chi connectivity index (χ0n) is 16.2. The molecule has 2 unspecified atom stereocenters. The zero-order chi connectivity index (χ0) is 20.0. The Balaban J connectivity index is 1.54. The third kappa shape index (κ3) is 2.98. The van der Waals surface area contributed by atoms with Gasteiger partial charge in [-0.2, -0.15) is 0 Å². The molecule has 0 radical (unpaired) electrons. The van der Waals surface area contributed by atoms with E-state index >= 15 is 0 Å². The molecular formula is C24H24N4O. The summed E-state index contributed by atoms with van der Waals surface area (Å²) in [7, 11) is 0. The van der Waals surface area contributed by atoms with Gasteiger partial charge in [-0.15, -0.1) is 0 Å². The van der Waals surface area contributed by atoms with Crippen LogP contribution in [0.2, 0.25) is 0 Å². The molecule has 146 valence electrons. The van der Waals surface area contributed by atoms with Gasteiger partial charge in [-0.1, -0.05) is 54.6 Å². The summed E-state index contributed by atoms with van der Waals surface area (Å²) >= 11 is 0. The quantitative estimate of drug-likeness (QED) is 0.847. The van der Waals surface area contributed by atoms with Gasteiger partial charge in [0, 0.05) is 11.7 Å². The molecule has 5 nitrogen and oxygen atoms in total. The Morgan fingerprint density at radius 3 is 2.34 bits per heavy atom. The second-order valence-electron chi connectivity index (χ2n) is 8.11. The summed E-state index contributed by atoms with van der Waals surface area (Å²) < 4.78 is 0. The Kier molecular flexibility index (Phi) is 4.14. The van der Waals surface area contributed by atoms with E-state index in [4.69, 9.17) is 16.5 Å². The number of benzene rings is 2. The van der Waals surface area contributed by atoms with Crippen molar-refractivity contribution in [1.82, 2.24) is 4.90 Å². The fourth-order valence-electron chi connectivity index (χ4n) is 4.46. The van der Waals surface area contributed by atoms with Crippen molar-refractivity contribution in [3.05, 3.63) is 95.2 Å². The molecule has 5 rings (SSSR count). The van der Waals surface area contributed by atoms with Crippen molar-refractivity contribution in [2.45, 2.75) is 36.9 Å². The van der Waals surface area contributed by atoms with Gasteiger partial charge < -0.3 is 16.4 Å². The van der Waals surface area contributed by atoms with E-state index in [1.807, 2.05) is 30.5 Å². The van der Waals surface area contributed by atoms with Gasteiger partial charge in [-0.05, 0) is 48.1 Å². The second kappa shape index (κ2) is 6.71. The first-order valence-corrected chi connectivity index (χ1v) is 10.1. The maximum absolute atomic E-state index is 11.7. The second-order valence-corrected chi connectivity index (χ2v) is 8.11. The Hall–Kier alpha value is -3.18. The predicted molar refractivity (Wildman–Crippen MR) is 114 cm³/mol. The Bertz CT molecular complexity index is 1030. The van der Waals surface area contributed by atoms with E-state index in [1.165, 1.54) is 12.0 Å². The number of carbonyl (C=O) groups is 1. The monoisotopic (exact) mass is 384 g/mol. The summed E-state index contributed by atoms with van der Waals surface area (Å²) in [5.41, 5.74) is 15.8. The number of carbonyl (C=O) groups excluding carboxylic acids is 1. The van der Waals surface area contributed by atoms with Crippen molar-refractivity contribution < 1.29 is 4.79 Å². The van der Waals surface area contributed by atoms with Crippen LogP contribution in [0.1, 0.15) is 48.0 Å². The van der Waals surface area contributed by atoms with E-state index in [-0.39, 0.29) is 17.6 Å². The number of primary amides is 1. The predicted octanol–water partition coefficient (Wildman–Crippen LogP) is 3.46. The van der Waals surface area contributed by atoms with Crippen LogP contribution in [-0.4, -0.2) is 16.6 Å². The van der Waals surface area contributed by atoms with Crippen LogP contribution < -0.4 is 11.5 Å². The molecule has 1 amide bonds. The number of amides is 1. The molecule has 2 aliphatic heterocycles. The molecule has 29 heavy (non-hydrogen) atoms. The Morgan fingerprint density at radius 1 is 1.00 bits per heavy atom. The molecule has 0 spiro atoms. The summed E-state index contributed by atoms with van der Waals surface area (Å²) in [5.74, 6) is 0.404. The number of hydrogen-bond acceptors (Lipinski definition) is 4. The first-order chi connectivity index (χ1) is 14.0. The number of fused-ring (bicyclic) bond motifs is 1. The van der Waals surface area contributed by atoms with Crippen molar-refractivity contribution in [3.63, 3.8) is 0 Å². The zero-order valence-corrected chi connectivity index (χ0v) is 16.2. The van der Waals surface area contributed by atoms with Gasteiger partial charge in [0.15, 0.2) is 0 Å². The molecule has 3 aliphatic rings. The lowest BCUT2D eigenvalue weighted by Crippen LogP contribution is -2.43. The highest BCUT2D eigenvalue weighted by molar-refractivity contribution is 6.03. The molecule has 2 aromatic carbocycles. The van der Waals surface area contributed by atoms with Gasteiger partial charge in [0.05, 0.1) is 11.6 Å². The van der Waals surface area contributed by atoms with E-state index in [2.05, 4.69) is 41.3 Å². The maximum Gasteiger partial charge on any atom is 0.250 e. The number of hydrogen-bond donors (Lipinski definition) is 2.